The Balaban J connectivity index is 1.52. The highest BCUT2D eigenvalue weighted by atomic mass is 35.5. The van der Waals surface area contributed by atoms with Gasteiger partial charge >= 0.3 is 0 Å². The van der Waals surface area contributed by atoms with Crippen LogP contribution in [0.25, 0.3) is 11.0 Å². The van der Waals surface area contributed by atoms with Gasteiger partial charge in [0.15, 0.2) is 11.0 Å². The zero-order chi connectivity index (χ0) is 24.8. The molecule has 1 heterocycles. The molecule has 6 nitrogen and oxygen atoms in total. The molecular weight excluding hydrogens is 474 g/mol. The minimum Gasteiger partial charge on any atom is -0.497 e. The molecule has 0 spiro atoms. The standard InChI is InChI=1S/C26H25ClF2N4O2/c1-35-20-6-4-5-16(11-20)14-30-15-24(34)23(12-17-9-18(28)13-19(29)10-17)33-26-25(27)31-21-7-2-3-8-22(21)32-26/h2-11,13,23-24,30,34H,12,14-15H2,1H3,(H,32,33). The van der Waals surface area contributed by atoms with Crippen LogP contribution in [-0.2, 0) is 13.0 Å². The number of para-hydroxylation sites is 2. The van der Waals surface area contributed by atoms with E-state index in [1.165, 1.54) is 12.1 Å². The van der Waals surface area contributed by atoms with Crippen molar-refractivity contribution < 1.29 is 18.6 Å². The second kappa shape index (κ2) is 11.4. The van der Waals surface area contributed by atoms with Crippen LogP contribution >= 0.6 is 11.6 Å². The van der Waals surface area contributed by atoms with E-state index in [-0.39, 0.29) is 23.9 Å². The Morgan fingerprint density at radius 3 is 2.37 bits per heavy atom. The molecule has 2 unspecified atom stereocenters. The summed E-state index contributed by atoms with van der Waals surface area (Å²) in [5.74, 6) is -0.359. The number of ether oxygens (including phenoxy) is 1. The number of aliphatic hydroxyl groups excluding tert-OH is 1. The maximum atomic E-state index is 13.8. The van der Waals surface area contributed by atoms with Crippen molar-refractivity contribution in [1.29, 1.82) is 0 Å². The van der Waals surface area contributed by atoms with Crippen LogP contribution < -0.4 is 15.4 Å². The molecule has 0 fully saturated rings. The molecule has 3 aromatic carbocycles. The van der Waals surface area contributed by atoms with Crippen LogP contribution in [0.3, 0.4) is 0 Å². The second-order valence-corrected chi connectivity index (χ2v) is 8.49. The van der Waals surface area contributed by atoms with Crippen molar-refractivity contribution in [3.63, 3.8) is 0 Å². The van der Waals surface area contributed by atoms with Gasteiger partial charge in [-0.1, -0.05) is 35.9 Å². The van der Waals surface area contributed by atoms with Crippen LogP contribution in [-0.4, -0.2) is 40.9 Å². The summed E-state index contributed by atoms with van der Waals surface area (Å²) in [6.45, 7) is 0.692. The number of anilines is 1. The van der Waals surface area contributed by atoms with Gasteiger partial charge in [0.2, 0.25) is 0 Å². The number of halogens is 3. The third-order valence-corrected chi connectivity index (χ3v) is 5.77. The monoisotopic (exact) mass is 498 g/mol. The number of nitrogens with one attached hydrogen (secondary N) is 2. The molecule has 9 heteroatoms. The second-order valence-electron chi connectivity index (χ2n) is 8.13. The fraction of sp³-hybridized carbons (Fsp3) is 0.231. The molecule has 1 aromatic heterocycles. The van der Waals surface area contributed by atoms with Crippen molar-refractivity contribution in [3.8, 4) is 5.75 Å². The van der Waals surface area contributed by atoms with E-state index in [4.69, 9.17) is 16.3 Å². The molecule has 3 N–H and O–H groups in total. The lowest BCUT2D eigenvalue weighted by Gasteiger charge is -2.26. The number of nitrogens with zero attached hydrogens (tertiary/aromatic N) is 2. The quantitative estimate of drug-likeness (QED) is 0.293. The Morgan fingerprint density at radius 2 is 1.66 bits per heavy atom. The maximum Gasteiger partial charge on any atom is 0.172 e. The van der Waals surface area contributed by atoms with Gasteiger partial charge in [0, 0.05) is 19.2 Å². The number of fused-ring (bicyclic) bond motifs is 1. The first-order valence-corrected chi connectivity index (χ1v) is 11.4. The predicted molar refractivity (Wildman–Crippen MR) is 133 cm³/mol. The average molecular weight is 499 g/mol. The van der Waals surface area contributed by atoms with Gasteiger partial charge in [0.05, 0.1) is 30.3 Å². The number of aliphatic hydroxyl groups is 1. The smallest absolute Gasteiger partial charge is 0.172 e. The molecular formula is C26H25ClF2N4O2. The third-order valence-electron chi connectivity index (χ3n) is 5.51. The fourth-order valence-electron chi connectivity index (χ4n) is 3.80. The molecule has 0 bridgehead atoms. The summed E-state index contributed by atoms with van der Waals surface area (Å²) in [4.78, 5) is 8.87. The first-order valence-electron chi connectivity index (χ1n) is 11.1. The normalized spacial score (nSPS) is 12.9. The van der Waals surface area contributed by atoms with E-state index >= 15 is 0 Å². The lowest BCUT2D eigenvalue weighted by Crippen LogP contribution is -2.42. The van der Waals surface area contributed by atoms with E-state index in [0.29, 0.717) is 23.1 Å². The summed E-state index contributed by atoms with van der Waals surface area (Å²) in [5, 5.41) is 17.5. The van der Waals surface area contributed by atoms with E-state index in [1.54, 1.807) is 19.2 Å². The molecule has 182 valence electrons. The minimum absolute atomic E-state index is 0.127. The molecule has 0 saturated heterocycles. The summed E-state index contributed by atoms with van der Waals surface area (Å²) in [7, 11) is 1.60. The van der Waals surface area contributed by atoms with Gasteiger partial charge in [-0.25, -0.2) is 18.7 Å². The topological polar surface area (TPSA) is 79.3 Å². The predicted octanol–water partition coefficient (Wildman–Crippen LogP) is 4.74. The molecule has 0 aliphatic carbocycles. The molecule has 2 atom stereocenters. The summed E-state index contributed by atoms with van der Waals surface area (Å²) in [5.41, 5.74) is 2.63. The Bertz CT molecular complexity index is 1290. The summed E-state index contributed by atoms with van der Waals surface area (Å²) >= 11 is 6.35. The largest absolute Gasteiger partial charge is 0.497 e. The van der Waals surface area contributed by atoms with Crippen LogP contribution in [0.15, 0.2) is 66.7 Å². The highest BCUT2D eigenvalue weighted by Gasteiger charge is 2.22. The Morgan fingerprint density at radius 1 is 0.943 bits per heavy atom. The van der Waals surface area contributed by atoms with Gasteiger partial charge in [-0.3, -0.25) is 0 Å². The number of benzene rings is 3. The van der Waals surface area contributed by atoms with E-state index < -0.39 is 23.8 Å². The molecule has 0 aliphatic heterocycles. The number of hydrogen-bond acceptors (Lipinski definition) is 6. The fourth-order valence-corrected chi connectivity index (χ4v) is 3.99. The molecule has 0 radical (unpaired) electrons. The molecule has 0 saturated carbocycles. The number of hydrogen-bond donors (Lipinski definition) is 3. The molecule has 35 heavy (non-hydrogen) atoms. The van der Waals surface area contributed by atoms with E-state index in [0.717, 1.165) is 17.4 Å². The lowest BCUT2D eigenvalue weighted by molar-refractivity contribution is 0.148. The highest BCUT2D eigenvalue weighted by molar-refractivity contribution is 6.32. The third kappa shape index (κ3) is 6.63. The molecule has 0 aliphatic rings. The van der Waals surface area contributed by atoms with Crippen LogP contribution in [0.5, 0.6) is 5.75 Å². The summed E-state index contributed by atoms with van der Waals surface area (Å²) < 4.78 is 32.9. The first-order chi connectivity index (χ1) is 16.9. The lowest BCUT2D eigenvalue weighted by atomic mass is 10.0. The van der Waals surface area contributed by atoms with Gasteiger partial charge in [0.25, 0.3) is 0 Å². The van der Waals surface area contributed by atoms with Crippen LogP contribution in [0.2, 0.25) is 5.15 Å². The highest BCUT2D eigenvalue weighted by Crippen LogP contribution is 2.23. The van der Waals surface area contributed by atoms with Crippen LogP contribution in [0.1, 0.15) is 11.1 Å². The van der Waals surface area contributed by atoms with Crippen molar-refractivity contribution >= 4 is 28.5 Å². The number of aromatic nitrogens is 2. The molecule has 0 amide bonds. The van der Waals surface area contributed by atoms with E-state index in [2.05, 4.69) is 20.6 Å². The first kappa shape index (κ1) is 24.8. The minimum atomic E-state index is -0.948. The molecule has 4 aromatic rings. The van der Waals surface area contributed by atoms with Gasteiger partial charge in [-0.15, -0.1) is 0 Å². The zero-order valence-electron chi connectivity index (χ0n) is 19.0. The van der Waals surface area contributed by atoms with Gasteiger partial charge in [0.1, 0.15) is 17.4 Å². The van der Waals surface area contributed by atoms with Crippen LogP contribution in [0.4, 0.5) is 14.6 Å². The van der Waals surface area contributed by atoms with Crippen molar-refractivity contribution in [3.05, 3.63) is 94.6 Å². The number of rotatable bonds is 10. The Kier molecular flexibility index (Phi) is 8.07. The SMILES string of the molecule is COc1cccc(CNCC(O)C(Cc2cc(F)cc(F)c2)Nc2nc3ccccc3nc2Cl)c1. The van der Waals surface area contributed by atoms with Crippen molar-refractivity contribution in [2.75, 3.05) is 19.0 Å². The van der Waals surface area contributed by atoms with E-state index in [1.807, 2.05) is 36.4 Å². The maximum absolute atomic E-state index is 13.8. The average Bonchev–Trinajstić information content (AvgIpc) is 2.83. The Hall–Kier alpha value is -3.33. The Labute approximate surface area is 206 Å². The van der Waals surface area contributed by atoms with Crippen molar-refractivity contribution in [2.45, 2.75) is 25.1 Å². The summed E-state index contributed by atoms with van der Waals surface area (Å²) in [6.07, 6.45) is -0.821. The van der Waals surface area contributed by atoms with Crippen molar-refractivity contribution in [1.82, 2.24) is 15.3 Å². The van der Waals surface area contributed by atoms with Gasteiger partial charge in [-0.05, 0) is 53.9 Å². The van der Waals surface area contributed by atoms with E-state index in [9.17, 15) is 13.9 Å². The van der Waals surface area contributed by atoms with Crippen LogP contribution in [0, 0.1) is 11.6 Å². The summed E-state index contributed by atoms with van der Waals surface area (Å²) in [6, 6.07) is 17.5. The van der Waals surface area contributed by atoms with Gasteiger partial charge < -0.3 is 20.5 Å². The van der Waals surface area contributed by atoms with Gasteiger partial charge in [-0.2, -0.15) is 0 Å². The molecule has 4 rings (SSSR count). The number of methoxy groups -OCH3 is 1. The van der Waals surface area contributed by atoms with Crippen molar-refractivity contribution in [2.24, 2.45) is 0 Å². The zero-order valence-corrected chi connectivity index (χ0v) is 19.8.